The molecule has 0 radical (unpaired) electrons. The van der Waals surface area contributed by atoms with Crippen molar-refractivity contribution in [2.45, 2.75) is 60.9 Å². The molecule has 0 amide bonds. The fraction of sp³-hybridized carbons (Fsp3) is 0.440. The molecule has 0 aliphatic heterocycles. The van der Waals surface area contributed by atoms with E-state index < -0.39 is 0 Å². The van der Waals surface area contributed by atoms with Crippen LogP contribution in [0.2, 0.25) is 6.55 Å². The van der Waals surface area contributed by atoms with Gasteiger partial charge in [-0.2, -0.15) is 23.3 Å². The van der Waals surface area contributed by atoms with Gasteiger partial charge in [-0.15, -0.1) is 12.8 Å². The van der Waals surface area contributed by atoms with Crippen molar-refractivity contribution in [2.24, 2.45) is 10.8 Å². The minimum Gasteiger partial charge on any atom is -1.00 e. The van der Waals surface area contributed by atoms with E-state index in [4.69, 9.17) is 0 Å². The monoisotopic (exact) mass is 522 g/mol. The third kappa shape index (κ3) is 13.0. The van der Waals surface area contributed by atoms with Gasteiger partial charge in [0, 0.05) is 0 Å². The molecule has 2 aliphatic rings. The molecule has 0 atom stereocenters. The molecule has 29 heavy (non-hydrogen) atoms. The number of halogens is 2. The van der Waals surface area contributed by atoms with E-state index in [1.54, 1.807) is 28.5 Å². The predicted octanol–water partition coefficient (Wildman–Crippen LogP) is 0.514. The quantitative estimate of drug-likeness (QED) is 0.371. The van der Waals surface area contributed by atoms with Crippen LogP contribution in [0.15, 0.2) is 65.8 Å². The smallest absolute Gasteiger partial charge is 1.00 e. The first kappa shape index (κ1) is 31.0. The molecular formula is C25H34Cl2SiZr-2. The predicted molar refractivity (Wildman–Crippen MR) is 118 cm³/mol. The Kier molecular flexibility index (Phi) is 15.8. The second-order valence-corrected chi connectivity index (χ2v) is 16.3. The Labute approximate surface area is 207 Å². The summed E-state index contributed by atoms with van der Waals surface area (Å²) < 4.78 is 0. The molecular weight excluding hydrogens is 490 g/mol. The van der Waals surface area contributed by atoms with Gasteiger partial charge in [-0.05, 0) is 0 Å². The second kappa shape index (κ2) is 14.8. The van der Waals surface area contributed by atoms with Gasteiger partial charge in [0.15, 0.2) is 0 Å². The zero-order valence-electron chi connectivity index (χ0n) is 18.9. The maximum Gasteiger partial charge on any atom is -1.00 e. The van der Waals surface area contributed by atoms with Gasteiger partial charge in [0.25, 0.3) is 0 Å². The SMILES string of the molecule is CC(C)(C)C1=CC[C-]=C1.CC(C)(C)C1=CC[C-]=C1.C[Si](=[Zr+2])c1ccccc1.[Cl-].[Cl-]. The molecule has 0 N–H and O–H groups in total. The van der Waals surface area contributed by atoms with E-state index in [1.165, 1.54) is 11.1 Å². The Hall–Kier alpha value is -0.140. The fourth-order valence-corrected chi connectivity index (χ4v) is 4.45. The number of rotatable bonds is 1. The standard InChI is InChI=1S/2C9H13.C7H8Si.2ClH.Zr/c2*1-9(2,3)8-6-4-5-7-8;1-8-7-5-3-2-4-6-7;;;/h2*6-7H,4H2,1-3H3;2-6H,1H3;2*1H;/q2*-1;;;;+2/p-2. The van der Waals surface area contributed by atoms with Crippen LogP contribution in [-0.2, 0) is 23.3 Å². The van der Waals surface area contributed by atoms with Gasteiger partial charge >= 0.3 is 70.8 Å². The van der Waals surface area contributed by atoms with E-state index in [0.717, 1.165) is 12.8 Å². The van der Waals surface area contributed by atoms with Crippen molar-refractivity contribution in [3.8, 4) is 0 Å². The summed E-state index contributed by atoms with van der Waals surface area (Å²) in [5.74, 6) is 0. The van der Waals surface area contributed by atoms with E-state index in [9.17, 15) is 0 Å². The van der Waals surface area contributed by atoms with Gasteiger partial charge in [0.1, 0.15) is 0 Å². The molecule has 1 aromatic rings. The van der Waals surface area contributed by atoms with Gasteiger partial charge in [-0.25, -0.2) is 12.2 Å². The molecule has 0 saturated carbocycles. The largest absolute Gasteiger partial charge is 1.00 e. The average Bonchev–Trinajstić information content (AvgIpc) is 3.29. The zero-order chi connectivity index (χ0) is 20.5. The minimum atomic E-state index is -0.122. The van der Waals surface area contributed by atoms with E-state index in [1.807, 2.05) is 0 Å². The van der Waals surface area contributed by atoms with Crippen LogP contribution in [0.25, 0.3) is 0 Å². The Morgan fingerprint density at radius 3 is 1.31 bits per heavy atom. The van der Waals surface area contributed by atoms with Crippen LogP contribution in [0.4, 0.5) is 0 Å². The molecule has 3 rings (SSSR count). The van der Waals surface area contributed by atoms with Crippen molar-refractivity contribution >= 4 is 10.6 Å². The number of hydrogen-bond donors (Lipinski definition) is 0. The molecule has 0 nitrogen and oxygen atoms in total. The molecule has 0 unspecified atom stereocenters. The van der Waals surface area contributed by atoms with Crippen LogP contribution < -0.4 is 30.0 Å². The molecule has 0 heterocycles. The summed E-state index contributed by atoms with van der Waals surface area (Å²) in [6.45, 7) is 15.7. The van der Waals surface area contributed by atoms with Gasteiger partial charge in [-0.3, -0.25) is 12.2 Å². The van der Waals surface area contributed by atoms with Crippen LogP contribution in [-0.4, -0.2) is 5.43 Å². The summed E-state index contributed by atoms with van der Waals surface area (Å²) >= 11 is 1.69. The Morgan fingerprint density at radius 2 is 1.14 bits per heavy atom. The maximum absolute atomic E-state index is 3.16. The first-order valence-electron chi connectivity index (χ1n) is 9.67. The number of allylic oxidation sites excluding steroid dienone is 8. The maximum atomic E-state index is 3.16. The molecule has 1 aromatic carbocycles. The molecule has 2 aliphatic carbocycles. The van der Waals surface area contributed by atoms with E-state index in [0.29, 0.717) is 10.8 Å². The van der Waals surface area contributed by atoms with Crippen molar-refractivity contribution in [3.63, 3.8) is 0 Å². The number of hydrogen-bond acceptors (Lipinski definition) is 0. The third-order valence-corrected chi connectivity index (χ3v) is 7.66. The van der Waals surface area contributed by atoms with Gasteiger partial charge in [-0.1, -0.05) is 52.4 Å². The first-order valence-corrected chi connectivity index (χ1v) is 15.4. The summed E-state index contributed by atoms with van der Waals surface area (Å²) in [6.07, 6.45) is 17.0. The van der Waals surface area contributed by atoms with Crippen LogP contribution in [0.5, 0.6) is 0 Å². The van der Waals surface area contributed by atoms with E-state index >= 15 is 0 Å². The van der Waals surface area contributed by atoms with Crippen molar-refractivity contribution in [2.75, 3.05) is 0 Å². The van der Waals surface area contributed by atoms with Crippen molar-refractivity contribution in [1.29, 1.82) is 0 Å². The Morgan fingerprint density at radius 1 is 0.759 bits per heavy atom. The molecule has 0 bridgehead atoms. The van der Waals surface area contributed by atoms with E-state index in [2.05, 4.69) is 115 Å². The summed E-state index contributed by atoms with van der Waals surface area (Å²) in [7, 11) is 0. The van der Waals surface area contributed by atoms with Crippen molar-refractivity contribution in [3.05, 3.63) is 77.9 Å². The third-order valence-electron chi connectivity index (χ3n) is 4.33. The summed E-state index contributed by atoms with van der Waals surface area (Å²) in [6, 6.07) is 10.8. The molecule has 4 heteroatoms. The summed E-state index contributed by atoms with van der Waals surface area (Å²) in [5, 5.41) is 1.56. The molecule has 158 valence electrons. The summed E-state index contributed by atoms with van der Waals surface area (Å²) in [5.41, 5.74) is 3.36. The number of benzene rings is 1. The van der Waals surface area contributed by atoms with Crippen molar-refractivity contribution in [1.82, 2.24) is 0 Å². The second-order valence-electron chi connectivity index (χ2n) is 8.92. The Balaban J connectivity index is 0. The molecule has 0 saturated heterocycles. The van der Waals surface area contributed by atoms with Crippen molar-refractivity contribution < 1.29 is 48.1 Å². The van der Waals surface area contributed by atoms with E-state index in [-0.39, 0.29) is 30.2 Å². The van der Waals surface area contributed by atoms with Crippen LogP contribution in [0.1, 0.15) is 54.4 Å². The Bertz CT molecular complexity index is 690. The zero-order valence-corrected chi connectivity index (χ0v) is 23.8. The van der Waals surface area contributed by atoms with Crippen LogP contribution in [0, 0.1) is 23.0 Å². The summed E-state index contributed by atoms with van der Waals surface area (Å²) in [4.78, 5) is 0. The molecule has 0 fully saturated rings. The topological polar surface area (TPSA) is 0 Å². The van der Waals surface area contributed by atoms with Crippen LogP contribution in [0.3, 0.4) is 0 Å². The van der Waals surface area contributed by atoms with Gasteiger partial charge in [0.2, 0.25) is 0 Å². The first-order chi connectivity index (χ1) is 12.5. The van der Waals surface area contributed by atoms with Gasteiger partial charge < -0.3 is 24.8 Å². The van der Waals surface area contributed by atoms with Crippen LogP contribution >= 0.6 is 0 Å². The minimum absolute atomic E-state index is 0. The average molecular weight is 525 g/mol. The fourth-order valence-electron chi connectivity index (χ4n) is 2.53. The molecule has 0 aromatic heterocycles. The normalized spacial score (nSPS) is 14.2. The molecule has 0 spiro atoms. The van der Waals surface area contributed by atoms with Gasteiger partial charge in [0.05, 0.1) is 0 Å².